The normalized spacial score (nSPS) is 22.9. The fourth-order valence-corrected chi connectivity index (χ4v) is 4.23. The molecule has 2 aliphatic rings. The fourth-order valence-electron chi connectivity index (χ4n) is 4.23. The molecule has 2 aliphatic heterocycles. The van der Waals surface area contributed by atoms with Gasteiger partial charge in [-0.3, -0.25) is 4.99 Å². The first-order valence-electron chi connectivity index (χ1n) is 10.5. The van der Waals surface area contributed by atoms with Gasteiger partial charge in [-0.25, -0.2) is 4.68 Å². The molecule has 7 heteroatoms. The molecule has 0 spiro atoms. The Bertz CT molecular complexity index is 857. The van der Waals surface area contributed by atoms with E-state index in [0.717, 1.165) is 55.6 Å². The molecule has 2 unspecified atom stereocenters. The minimum Gasteiger partial charge on any atom is -0.375 e. The van der Waals surface area contributed by atoms with E-state index in [1.54, 1.807) is 0 Å². The van der Waals surface area contributed by atoms with Crippen LogP contribution in [0.5, 0.6) is 0 Å². The molecule has 156 valence electrons. The second-order valence-electron chi connectivity index (χ2n) is 7.78. The number of guanidine groups is 1. The lowest BCUT2D eigenvalue weighted by molar-refractivity contribution is -0.0817. The molecule has 1 aromatic carbocycles. The number of hydrogen-bond donors (Lipinski definition) is 1. The van der Waals surface area contributed by atoms with Crippen LogP contribution in [0.3, 0.4) is 0 Å². The third-order valence-electron chi connectivity index (χ3n) is 5.65. The summed E-state index contributed by atoms with van der Waals surface area (Å²) in [6.45, 7) is 7.99. The number of ether oxygens (including phenoxy) is 2. The molecule has 2 fully saturated rings. The zero-order chi connectivity index (χ0) is 20.2. The molecule has 2 atom stereocenters. The van der Waals surface area contributed by atoms with E-state index in [9.17, 15) is 0 Å². The zero-order valence-electron chi connectivity index (χ0n) is 17.6. The van der Waals surface area contributed by atoms with Crippen LogP contribution >= 0.6 is 0 Å². The molecule has 0 bridgehead atoms. The molecule has 4 rings (SSSR count). The number of para-hydroxylation sites is 1. The van der Waals surface area contributed by atoms with Gasteiger partial charge in [-0.1, -0.05) is 18.2 Å². The number of aryl methyl sites for hydroxylation is 2. The molecule has 0 radical (unpaired) electrons. The van der Waals surface area contributed by atoms with Crippen LogP contribution in [-0.4, -0.2) is 66.2 Å². The van der Waals surface area contributed by atoms with Gasteiger partial charge < -0.3 is 19.7 Å². The first-order valence-corrected chi connectivity index (χ1v) is 10.5. The Morgan fingerprint density at radius 3 is 2.76 bits per heavy atom. The van der Waals surface area contributed by atoms with Crippen molar-refractivity contribution in [3.05, 3.63) is 47.3 Å². The lowest BCUT2D eigenvalue weighted by Gasteiger charge is -2.37. The maximum Gasteiger partial charge on any atom is 0.194 e. The summed E-state index contributed by atoms with van der Waals surface area (Å²) in [5.41, 5.74) is 4.44. The van der Waals surface area contributed by atoms with E-state index in [-0.39, 0.29) is 12.2 Å². The van der Waals surface area contributed by atoms with Gasteiger partial charge in [0.05, 0.1) is 24.1 Å². The number of nitrogens with one attached hydrogen (secondary N) is 1. The third kappa shape index (κ3) is 4.46. The van der Waals surface area contributed by atoms with Crippen molar-refractivity contribution in [3.8, 4) is 5.69 Å². The summed E-state index contributed by atoms with van der Waals surface area (Å²) < 4.78 is 13.8. The predicted molar refractivity (Wildman–Crippen MR) is 114 cm³/mol. The van der Waals surface area contributed by atoms with Crippen molar-refractivity contribution >= 4 is 5.96 Å². The first-order chi connectivity index (χ1) is 14.2. The number of aliphatic imine (C=N–C) groups is 1. The average Bonchev–Trinajstić information content (AvgIpc) is 3.39. The highest BCUT2D eigenvalue weighted by Gasteiger charge is 2.32. The molecule has 3 heterocycles. The van der Waals surface area contributed by atoms with Gasteiger partial charge in [0, 0.05) is 39.0 Å². The van der Waals surface area contributed by atoms with Crippen LogP contribution in [0.25, 0.3) is 5.69 Å². The summed E-state index contributed by atoms with van der Waals surface area (Å²) in [5, 5.41) is 8.19. The van der Waals surface area contributed by atoms with Crippen molar-refractivity contribution in [2.24, 2.45) is 4.99 Å². The Labute approximate surface area is 172 Å². The Hall–Kier alpha value is -2.38. The topological polar surface area (TPSA) is 63.9 Å². The number of hydrogen-bond acceptors (Lipinski definition) is 4. The first kappa shape index (κ1) is 19.9. The second-order valence-corrected chi connectivity index (χ2v) is 7.78. The number of benzene rings is 1. The summed E-state index contributed by atoms with van der Waals surface area (Å²) in [7, 11) is 1.84. The standard InChI is InChI=1S/C22H31N5O2/c1-16-13-17(2)27(25-16)19-8-5-4-7-18(19)14-24-22(23-3)26-10-12-29-21(15-26)20-9-6-11-28-20/h4-5,7-8,13,20-21H,6,9-12,14-15H2,1-3H3,(H,23,24). The molecule has 0 amide bonds. The van der Waals surface area contributed by atoms with Crippen molar-refractivity contribution in [3.63, 3.8) is 0 Å². The van der Waals surface area contributed by atoms with Crippen molar-refractivity contribution in [1.82, 2.24) is 20.0 Å². The van der Waals surface area contributed by atoms with Gasteiger partial charge in [0.2, 0.25) is 0 Å². The molecule has 2 aromatic rings. The lowest BCUT2D eigenvalue weighted by Crippen LogP contribution is -2.53. The number of morpholine rings is 1. The van der Waals surface area contributed by atoms with E-state index in [0.29, 0.717) is 13.2 Å². The van der Waals surface area contributed by atoms with Gasteiger partial charge in [-0.2, -0.15) is 5.10 Å². The van der Waals surface area contributed by atoms with Crippen molar-refractivity contribution in [2.45, 2.75) is 45.4 Å². The van der Waals surface area contributed by atoms with Crippen molar-refractivity contribution in [1.29, 1.82) is 0 Å². The van der Waals surface area contributed by atoms with Gasteiger partial charge in [-0.05, 0) is 44.4 Å². The maximum atomic E-state index is 5.98. The molecule has 1 aromatic heterocycles. The number of aromatic nitrogens is 2. The summed E-state index contributed by atoms with van der Waals surface area (Å²) in [6.07, 6.45) is 2.54. The minimum absolute atomic E-state index is 0.117. The summed E-state index contributed by atoms with van der Waals surface area (Å²) in [5.74, 6) is 0.902. The molecule has 7 nitrogen and oxygen atoms in total. The number of rotatable bonds is 4. The smallest absolute Gasteiger partial charge is 0.194 e. The molecule has 0 aliphatic carbocycles. The highest BCUT2D eigenvalue weighted by Crippen LogP contribution is 2.21. The van der Waals surface area contributed by atoms with E-state index in [1.807, 2.05) is 18.7 Å². The van der Waals surface area contributed by atoms with Gasteiger partial charge in [0.25, 0.3) is 0 Å². The van der Waals surface area contributed by atoms with Crippen LogP contribution in [0.15, 0.2) is 35.3 Å². The van der Waals surface area contributed by atoms with Crippen LogP contribution in [0, 0.1) is 13.8 Å². The van der Waals surface area contributed by atoms with Crippen molar-refractivity contribution < 1.29 is 9.47 Å². The average molecular weight is 398 g/mol. The van der Waals surface area contributed by atoms with Gasteiger partial charge in [0.15, 0.2) is 5.96 Å². The third-order valence-corrected chi connectivity index (χ3v) is 5.65. The van der Waals surface area contributed by atoms with E-state index in [1.165, 1.54) is 5.56 Å². The van der Waals surface area contributed by atoms with Crippen LogP contribution < -0.4 is 5.32 Å². The molecule has 2 saturated heterocycles. The minimum atomic E-state index is 0.117. The van der Waals surface area contributed by atoms with E-state index >= 15 is 0 Å². The molecular formula is C22H31N5O2. The van der Waals surface area contributed by atoms with Crippen LogP contribution in [0.1, 0.15) is 29.8 Å². The summed E-state index contributed by atoms with van der Waals surface area (Å²) in [6, 6.07) is 10.5. The van der Waals surface area contributed by atoms with Crippen LogP contribution in [0.2, 0.25) is 0 Å². The van der Waals surface area contributed by atoms with E-state index in [2.05, 4.69) is 57.6 Å². The highest BCUT2D eigenvalue weighted by molar-refractivity contribution is 5.80. The quantitative estimate of drug-likeness (QED) is 0.634. The maximum absolute atomic E-state index is 5.98. The predicted octanol–water partition coefficient (Wildman–Crippen LogP) is 2.44. The largest absolute Gasteiger partial charge is 0.375 e. The van der Waals surface area contributed by atoms with E-state index in [4.69, 9.17) is 9.47 Å². The molecule has 1 N–H and O–H groups in total. The SMILES string of the molecule is CN=C(NCc1ccccc1-n1nc(C)cc1C)N1CCOC(C2CCCO2)C1. The van der Waals surface area contributed by atoms with Gasteiger partial charge in [0.1, 0.15) is 6.10 Å². The monoisotopic (exact) mass is 397 g/mol. The summed E-state index contributed by atoms with van der Waals surface area (Å²) >= 11 is 0. The number of nitrogens with zero attached hydrogens (tertiary/aromatic N) is 4. The van der Waals surface area contributed by atoms with Crippen molar-refractivity contribution in [2.75, 3.05) is 33.4 Å². The van der Waals surface area contributed by atoms with Crippen LogP contribution in [0.4, 0.5) is 0 Å². The summed E-state index contributed by atoms with van der Waals surface area (Å²) in [4.78, 5) is 6.80. The Balaban J connectivity index is 1.45. The lowest BCUT2D eigenvalue weighted by atomic mass is 10.1. The molecular weight excluding hydrogens is 366 g/mol. The zero-order valence-corrected chi connectivity index (χ0v) is 17.6. The van der Waals surface area contributed by atoms with Crippen LogP contribution in [-0.2, 0) is 16.0 Å². The Morgan fingerprint density at radius 1 is 1.21 bits per heavy atom. The van der Waals surface area contributed by atoms with Gasteiger partial charge >= 0.3 is 0 Å². The Kier molecular flexibility index (Phi) is 6.16. The second kappa shape index (κ2) is 8.97. The molecule has 0 saturated carbocycles. The van der Waals surface area contributed by atoms with Gasteiger partial charge in [-0.15, -0.1) is 0 Å². The highest BCUT2D eigenvalue weighted by atomic mass is 16.5. The molecule has 29 heavy (non-hydrogen) atoms. The fraction of sp³-hybridized carbons (Fsp3) is 0.545. The van der Waals surface area contributed by atoms with E-state index < -0.39 is 0 Å². The Morgan fingerprint density at radius 2 is 2.03 bits per heavy atom.